The fraction of sp³-hybridized carbons (Fsp3) is 0.357. The Kier molecular flexibility index (Phi) is 6.27. The fourth-order valence-corrected chi connectivity index (χ4v) is 4.50. The molecule has 0 amide bonds. The van der Waals surface area contributed by atoms with Crippen LogP contribution in [0.2, 0.25) is 0 Å². The molecule has 0 heterocycles. The summed E-state index contributed by atoms with van der Waals surface area (Å²) in [5.74, 6) is 0. The van der Waals surface area contributed by atoms with Crippen LogP contribution in [0.25, 0.3) is 17.7 Å². The molecular formula is C28H32. The SMILES string of the molecule is C=C(c1ccc(C=C2CCCCC2)cc1)c1ccc(C=C2CCCCC2)cc1. The first-order valence-electron chi connectivity index (χ1n) is 11.1. The molecule has 0 saturated heterocycles. The summed E-state index contributed by atoms with van der Waals surface area (Å²) in [4.78, 5) is 0. The molecular weight excluding hydrogens is 336 g/mol. The van der Waals surface area contributed by atoms with E-state index in [0.29, 0.717) is 0 Å². The van der Waals surface area contributed by atoms with Gasteiger partial charge in [0, 0.05) is 0 Å². The lowest BCUT2D eigenvalue weighted by Crippen LogP contribution is -1.93. The average molecular weight is 369 g/mol. The molecule has 0 unspecified atom stereocenters. The van der Waals surface area contributed by atoms with Crippen molar-refractivity contribution in [2.45, 2.75) is 64.2 Å². The summed E-state index contributed by atoms with van der Waals surface area (Å²) in [6.07, 6.45) is 18.1. The molecule has 28 heavy (non-hydrogen) atoms. The molecule has 0 N–H and O–H groups in total. The van der Waals surface area contributed by atoms with E-state index < -0.39 is 0 Å². The number of allylic oxidation sites excluding steroid dienone is 2. The minimum Gasteiger partial charge on any atom is -0.0906 e. The number of benzene rings is 2. The van der Waals surface area contributed by atoms with Gasteiger partial charge in [-0.2, -0.15) is 0 Å². The molecule has 0 nitrogen and oxygen atoms in total. The van der Waals surface area contributed by atoms with Gasteiger partial charge >= 0.3 is 0 Å². The Morgan fingerprint density at radius 3 is 1.25 bits per heavy atom. The molecule has 4 rings (SSSR count). The molecule has 0 aromatic heterocycles. The highest BCUT2D eigenvalue weighted by Gasteiger charge is 2.07. The van der Waals surface area contributed by atoms with Crippen molar-refractivity contribution < 1.29 is 0 Å². The number of rotatable bonds is 4. The van der Waals surface area contributed by atoms with E-state index in [1.807, 2.05) is 0 Å². The molecule has 0 aliphatic heterocycles. The lowest BCUT2D eigenvalue weighted by molar-refractivity contribution is 0.602. The molecule has 2 saturated carbocycles. The summed E-state index contributed by atoms with van der Waals surface area (Å²) in [7, 11) is 0. The Bertz CT molecular complexity index is 770. The van der Waals surface area contributed by atoms with Crippen LogP contribution in [0.4, 0.5) is 0 Å². The maximum absolute atomic E-state index is 4.36. The van der Waals surface area contributed by atoms with Gasteiger partial charge in [-0.05, 0) is 79.2 Å². The molecule has 2 aliphatic carbocycles. The Labute approximate surface area is 170 Å². The molecule has 144 valence electrons. The largest absolute Gasteiger partial charge is 0.0906 e. The monoisotopic (exact) mass is 368 g/mol. The summed E-state index contributed by atoms with van der Waals surface area (Å²) in [5.41, 5.74) is 9.40. The van der Waals surface area contributed by atoms with E-state index in [-0.39, 0.29) is 0 Å². The second-order valence-electron chi connectivity index (χ2n) is 8.45. The molecule has 2 fully saturated rings. The van der Waals surface area contributed by atoms with Crippen LogP contribution in [0.3, 0.4) is 0 Å². The maximum Gasteiger partial charge on any atom is -0.0183 e. The minimum atomic E-state index is 1.11. The standard InChI is InChI=1S/C28H32/c1-22(27-16-12-25(13-17-27)20-23-8-4-2-5-9-23)28-18-14-26(15-19-28)21-24-10-6-3-7-11-24/h12-21H,1-11H2. The van der Waals surface area contributed by atoms with Crippen molar-refractivity contribution in [3.8, 4) is 0 Å². The van der Waals surface area contributed by atoms with Crippen LogP contribution in [0, 0.1) is 0 Å². The molecule has 2 aliphatic rings. The van der Waals surface area contributed by atoms with Gasteiger partial charge in [0.15, 0.2) is 0 Å². The molecule has 0 bridgehead atoms. The van der Waals surface area contributed by atoms with E-state index in [1.165, 1.54) is 86.5 Å². The van der Waals surface area contributed by atoms with Gasteiger partial charge in [-0.15, -0.1) is 0 Å². The van der Waals surface area contributed by atoms with Crippen LogP contribution < -0.4 is 0 Å². The van der Waals surface area contributed by atoms with Crippen molar-refractivity contribution in [2.75, 3.05) is 0 Å². The Balaban J connectivity index is 1.43. The second kappa shape index (κ2) is 9.24. The van der Waals surface area contributed by atoms with Gasteiger partial charge in [0.25, 0.3) is 0 Å². The van der Waals surface area contributed by atoms with Gasteiger partial charge in [-0.1, -0.05) is 91.2 Å². The average Bonchev–Trinajstić information content (AvgIpc) is 2.76. The smallest absolute Gasteiger partial charge is 0.0183 e. The molecule has 0 spiro atoms. The van der Waals surface area contributed by atoms with Crippen LogP contribution in [-0.4, -0.2) is 0 Å². The Hall–Kier alpha value is -2.34. The molecule has 0 atom stereocenters. The predicted molar refractivity (Wildman–Crippen MR) is 123 cm³/mol. The lowest BCUT2D eigenvalue weighted by atomic mass is 9.92. The maximum atomic E-state index is 4.36. The summed E-state index contributed by atoms with van der Waals surface area (Å²) < 4.78 is 0. The van der Waals surface area contributed by atoms with Gasteiger partial charge < -0.3 is 0 Å². The highest BCUT2D eigenvalue weighted by Crippen LogP contribution is 2.28. The van der Waals surface area contributed by atoms with Crippen LogP contribution in [0.1, 0.15) is 86.5 Å². The summed E-state index contributed by atoms with van der Waals surface area (Å²) in [6, 6.07) is 17.8. The number of hydrogen-bond acceptors (Lipinski definition) is 0. The minimum absolute atomic E-state index is 1.11. The van der Waals surface area contributed by atoms with Crippen molar-refractivity contribution in [1.29, 1.82) is 0 Å². The fourth-order valence-electron chi connectivity index (χ4n) is 4.50. The van der Waals surface area contributed by atoms with Gasteiger partial charge in [-0.3, -0.25) is 0 Å². The molecule has 0 heteroatoms. The van der Waals surface area contributed by atoms with Crippen molar-refractivity contribution in [3.63, 3.8) is 0 Å². The lowest BCUT2D eigenvalue weighted by Gasteiger charge is -2.14. The normalized spacial score (nSPS) is 17.3. The van der Waals surface area contributed by atoms with E-state index >= 15 is 0 Å². The highest BCUT2D eigenvalue weighted by atomic mass is 14.1. The molecule has 0 radical (unpaired) electrons. The Morgan fingerprint density at radius 1 is 0.536 bits per heavy atom. The van der Waals surface area contributed by atoms with E-state index in [1.54, 1.807) is 11.1 Å². The topological polar surface area (TPSA) is 0 Å². The number of hydrogen-bond donors (Lipinski definition) is 0. The molecule has 2 aromatic rings. The van der Waals surface area contributed by atoms with Crippen molar-refractivity contribution >= 4 is 17.7 Å². The van der Waals surface area contributed by atoms with Gasteiger partial charge in [0.05, 0.1) is 0 Å². The van der Waals surface area contributed by atoms with Crippen LogP contribution in [0.15, 0.2) is 66.3 Å². The van der Waals surface area contributed by atoms with E-state index in [0.717, 1.165) is 5.57 Å². The zero-order valence-electron chi connectivity index (χ0n) is 17.1. The van der Waals surface area contributed by atoms with Crippen LogP contribution in [-0.2, 0) is 0 Å². The van der Waals surface area contributed by atoms with Crippen molar-refractivity contribution in [3.05, 3.63) is 88.5 Å². The van der Waals surface area contributed by atoms with E-state index in [4.69, 9.17) is 0 Å². The summed E-state index contributed by atoms with van der Waals surface area (Å²) in [5, 5.41) is 0. The molecule has 2 aromatic carbocycles. The second-order valence-corrected chi connectivity index (χ2v) is 8.45. The predicted octanol–water partition coefficient (Wildman–Crippen LogP) is 8.44. The van der Waals surface area contributed by atoms with E-state index in [9.17, 15) is 0 Å². The van der Waals surface area contributed by atoms with Crippen molar-refractivity contribution in [1.82, 2.24) is 0 Å². The third-order valence-corrected chi connectivity index (χ3v) is 6.25. The van der Waals surface area contributed by atoms with Crippen molar-refractivity contribution in [2.24, 2.45) is 0 Å². The third-order valence-electron chi connectivity index (χ3n) is 6.25. The van der Waals surface area contributed by atoms with Gasteiger partial charge in [-0.25, -0.2) is 0 Å². The zero-order valence-corrected chi connectivity index (χ0v) is 17.1. The van der Waals surface area contributed by atoms with Crippen LogP contribution >= 0.6 is 0 Å². The third kappa shape index (κ3) is 4.93. The first-order valence-corrected chi connectivity index (χ1v) is 11.1. The zero-order chi connectivity index (χ0) is 19.2. The summed E-state index contributed by atoms with van der Waals surface area (Å²) >= 11 is 0. The first kappa shape index (κ1) is 19.0. The first-order chi connectivity index (χ1) is 13.8. The highest BCUT2D eigenvalue weighted by molar-refractivity contribution is 5.79. The van der Waals surface area contributed by atoms with Gasteiger partial charge in [0.1, 0.15) is 0 Å². The van der Waals surface area contributed by atoms with Crippen LogP contribution in [0.5, 0.6) is 0 Å². The van der Waals surface area contributed by atoms with Gasteiger partial charge in [0.2, 0.25) is 0 Å². The van der Waals surface area contributed by atoms with E-state index in [2.05, 4.69) is 67.3 Å². The summed E-state index contributed by atoms with van der Waals surface area (Å²) in [6.45, 7) is 4.36. The quantitative estimate of drug-likeness (QED) is 0.508. The Morgan fingerprint density at radius 2 is 0.893 bits per heavy atom.